The molecular weight excluding hydrogens is 408 g/mol. The molecule has 0 bridgehead atoms. The van der Waals surface area contributed by atoms with E-state index in [1.807, 2.05) is 37.3 Å². The van der Waals surface area contributed by atoms with Crippen molar-refractivity contribution >= 4 is 23.4 Å². The number of halogens is 1. The molecule has 0 saturated heterocycles. The Morgan fingerprint density at radius 1 is 1.10 bits per heavy atom. The van der Waals surface area contributed by atoms with Gasteiger partial charge < -0.3 is 0 Å². The Hall–Kier alpha value is -2.78. The van der Waals surface area contributed by atoms with Gasteiger partial charge in [-0.25, -0.2) is 0 Å². The molecule has 5 rings (SSSR count). The molecule has 1 aliphatic rings. The van der Waals surface area contributed by atoms with E-state index < -0.39 is 0 Å². The number of hydrogen-bond acceptors (Lipinski definition) is 7. The van der Waals surface area contributed by atoms with Crippen LogP contribution in [0.3, 0.4) is 0 Å². The maximum atomic E-state index is 6.06. The van der Waals surface area contributed by atoms with Crippen molar-refractivity contribution in [3.63, 3.8) is 0 Å². The Bertz CT molecular complexity index is 1140. The molecule has 146 valence electrons. The number of pyridine rings is 1. The average Bonchev–Trinajstić information content (AvgIpc) is 3.29. The molecule has 8 nitrogen and oxygen atoms in total. The molecule has 0 N–H and O–H groups in total. The smallest absolute Gasteiger partial charge is 0.192 e. The van der Waals surface area contributed by atoms with Gasteiger partial charge in [0.2, 0.25) is 0 Å². The highest BCUT2D eigenvalue weighted by Crippen LogP contribution is 2.43. The van der Waals surface area contributed by atoms with E-state index in [-0.39, 0.29) is 5.25 Å². The Morgan fingerprint density at radius 3 is 2.69 bits per heavy atom. The van der Waals surface area contributed by atoms with Crippen molar-refractivity contribution in [2.75, 3.05) is 0 Å². The van der Waals surface area contributed by atoms with Gasteiger partial charge in [0.1, 0.15) is 0 Å². The molecule has 29 heavy (non-hydrogen) atoms. The molecule has 0 aliphatic heterocycles. The molecule has 0 spiro atoms. The highest BCUT2D eigenvalue weighted by molar-refractivity contribution is 7.99. The molecule has 3 aromatic heterocycles. The van der Waals surface area contributed by atoms with Crippen molar-refractivity contribution in [2.24, 2.45) is 0 Å². The standard InChI is InChI=1S/C19H17ClN8S/c1-12(17-22-26-28(25-17)16-4-2-3-14(20)11-16)29-19-24-23-18(27(19)15-5-6-15)13-7-9-21-10-8-13/h2-4,7-12,15H,5-6H2,1H3. The van der Waals surface area contributed by atoms with E-state index in [0.29, 0.717) is 16.9 Å². The van der Waals surface area contributed by atoms with E-state index in [2.05, 4.69) is 35.2 Å². The summed E-state index contributed by atoms with van der Waals surface area (Å²) in [6.07, 6.45) is 5.83. The lowest BCUT2D eigenvalue weighted by molar-refractivity contribution is 0.667. The molecule has 0 radical (unpaired) electrons. The first-order valence-corrected chi connectivity index (χ1v) is 10.5. The lowest BCUT2D eigenvalue weighted by Gasteiger charge is -2.10. The number of benzene rings is 1. The fourth-order valence-corrected chi connectivity index (χ4v) is 4.16. The fraction of sp³-hybridized carbons (Fsp3) is 0.263. The number of hydrogen-bond donors (Lipinski definition) is 0. The number of aromatic nitrogens is 8. The summed E-state index contributed by atoms with van der Waals surface area (Å²) < 4.78 is 2.22. The van der Waals surface area contributed by atoms with Crippen LogP contribution in [-0.4, -0.2) is 40.0 Å². The van der Waals surface area contributed by atoms with Gasteiger partial charge in [-0.1, -0.05) is 29.4 Å². The molecule has 10 heteroatoms. The summed E-state index contributed by atoms with van der Waals surface area (Å²) in [5, 5.41) is 23.3. The zero-order valence-electron chi connectivity index (χ0n) is 15.6. The van der Waals surface area contributed by atoms with Crippen molar-refractivity contribution < 1.29 is 0 Å². The average molecular weight is 425 g/mol. The molecule has 1 aromatic carbocycles. The van der Waals surface area contributed by atoms with Crippen LogP contribution in [0.2, 0.25) is 5.02 Å². The van der Waals surface area contributed by atoms with Crippen LogP contribution in [0.1, 0.15) is 36.9 Å². The highest BCUT2D eigenvalue weighted by atomic mass is 35.5. The lowest BCUT2D eigenvalue weighted by Crippen LogP contribution is -2.02. The van der Waals surface area contributed by atoms with Crippen molar-refractivity contribution in [2.45, 2.75) is 36.2 Å². The largest absolute Gasteiger partial charge is 0.299 e. The van der Waals surface area contributed by atoms with Gasteiger partial charge in [-0.3, -0.25) is 9.55 Å². The maximum Gasteiger partial charge on any atom is 0.192 e. The third kappa shape index (κ3) is 3.75. The predicted octanol–water partition coefficient (Wildman–Crippen LogP) is 4.16. The Morgan fingerprint density at radius 2 is 1.93 bits per heavy atom. The Kier molecular flexibility index (Phi) is 4.76. The molecule has 1 unspecified atom stereocenters. The normalized spacial score (nSPS) is 14.8. The maximum absolute atomic E-state index is 6.06. The minimum absolute atomic E-state index is 0.0325. The minimum Gasteiger partial charge on any atom is -0.299 e. The molecule has 0 amide bonds. The van der Waals surface area contributed by atoms with Crippen LogP contribution in [0.5, 0.6) is 0 Å². The summed E-state index contributed by atoms with van der Waals surface area (Å²) in [4.78, 5) is 5.58. The number of thioether (sulfide) groups is 1. The van der Waals surface area contributed by atoms with E-state index in [0.717, 1.165) is 35.1 Å². The first-order valence-electron chi connectivity index (χ1n) is 9.27. The molecule has 1 aliphatic carbocycles. The first-order chi connectivity index (χ1) is 14.2. The van der Waals surface area contributed by atoms with Gasteiger partial charge in [-0.2, -0.15) is 0 Å². The van der Waals surface area contributed by atoms with Gasteiger partial charge in [0.05, 0.1) is 10.9 Å². The zero-order chi connectivity index (χ0) is 19.8. The van der Waals surface area contributed by atoms with Crippen molar-refractivity contribution in [3.05, 3.63) is 59.6 Å². The van der Waals surface area contributed by atoms with Crippen LogP contribution >= 0.6 is 23.4 Å². The van der Waals surface area contributed by atoms with Crippen LogP contribution < -0.4 is 0 Å². The number of rotatable bonds is 6. The monoisotopic (exact) mass is 424 g/mol. The summed E-state index contributed by atoms with van der Waals surface area (Å²) in [6, 6.07) is 11.7. The van der Waals surface area contributed by atoms with Crippen LogP contribution in [-0.2, 0) is 0 Å². The predicted molar refractivity (Wildman–Crippen MR) is 110 cm³/mol. The molecular formula is C19H17ClN8S. The van der Waals surface area contributed by atoms with Crippen LogP contribution in [0, 0.1) is 0 Å². The topological polar surface area (TPSA) is 87.2 Å². The SMILES string of the molecule is CC(Sc1nnc(-c2ccncc2)n1C1CC1)c1nnn(-c2cccc(Cl)c2)n1. The van der Waals surface area contributed by atoms with Crippen LogP contribution in [0.15, 0.2) is 53.9 Å². The fourth-order valence-electron chi connectivity index (χ4n) is 3.03. The first kappa shape index (κ1) is 18.3. The summed E-state index contributed by atoms with van der Waals surface area (Å²) >= 11 is 7.65. The van der Waals surface area contributed by atoms with E-state index in [1.54, 1.807) is 30.2 Å². The lowest BCUT2D eigenvalue weighted by atomic mass is 10.2. The summed E-state index contributed by atoms with van der Waals surface area (Å²) in [5.41, 5.74) is 1.79. The third-order valence-electron chi connectivity index (χ3n) is 4.63. The number of tetrazole rings is 1. The second-order valence-electron chi connectivity index (χ2n) is 6.82. The molecule has 1 fully saturated rings. The van der Waals surface area contributed by atoms with Gasteiger partial charge in [0, 0.05) is 29.0 Å². The van der Waals surface area contributed by atoms with Gasteiger partial charge in [0.25, 0.3) is 0 Å². The minimum atomic E-state index is -0.0325. The Labute approximate surface area is 176 Å². The second-order valence-corrected chi connectivity index (χ2v) is 8.56. The van der Waals surface area contributed by atoms with Crippen LogP contribution in [0.4, 0.5) is 0 Å². The molecule has 1 saturated carbocycles. The number of nitrogens with zero attached hydrogens (tertiary/aromatic N) is 8. The molecule has 3 heterocycles. The summed E-state index contributed by atoms with van der Waals surface area (Å²) in [5.74, 6) is 1.51. The van der Waals surface area contributed by atoms with Crippen molar-refractivity contribution in [1.82, 2.24) is 40.0 Å². The van der Waals surface area contributed by atoms with Crippen LogP contribution in [0.25, 0.3) is 17.1 Å². The third-order valence-corrected chi connectivity index (χ3v) is 5.92. The van der Waals surface area contributed by atoms with Gasteiger partial charge in [-0.15, -0.1) is 25.2 Å². The summed E-state index contributed by atoms with van der Waals surface area (Å²) in [7, 11) is 0. The van der Waals surface area contributed by atoms with E-state index >= 15 is 0 Å². The second kappa shape index (κ2) is 7.57. The van der Waals surface area contributed by atoms with E-state index in [4.69, 9.17) is 11.6 Å². The van der Waals surface area contributed by atoms with Gasteiger partial charge in [0.15, 0.2) is 16.8 Å². The molecule has 4 aromatic rings. The van der Waals surface area contributed by atoms with Crippen molar-refractivity contribution in [1.29, 1.82) is 0 Å². The van der Waals surface area contributed by atoms with Crippen molar-refractivity contribution in [3.8, 4) is 17.1 Å². The van der Waals surface area contributed by atoms with Gasteiger partial charge >= 0.3 is 0 Å². The van der Waals surface area contributed by atoms with E-state index in [9.17, 15) is 0 Å². The van der Waals surface area contributed by atoms with Gasteiger partial charge in [-0.05, 0) is 55.3 Å². The quantitative estimate of drug-likeness (QED) is 0.429. The Balaban J connectivity index is 1.40. The highest BCUT2D eigenvalue weighted by Gasteiger charge is 2.31. The van der Waals surface area contributed by atoms with E-state index in [1.165, 1.54) is 4.80 Å². The molecule has 1 atom stereocenters. The summed E-state index contributed by atoms with van der Waals surface area (Å²) in [6.45, 7) is 2.04. The zero-order valence-corrected chi connectivity index (χ0v) is 17.1.